The number of hydrogen-bond donors (Lipinski definition) is 4. The third-order valence-corrected chi connectivity index (χ3v) is 6.38. The molecule has 0 atom stereocenters. The van der Waals surface area contributed by atoms with Gasteiger partial charge in [0.2, 0.25) is 0 Å². The molecule has 6 rings (SSSR count). The van der Waals surface area contributed by atoms with Crippen molar-refractivity contribution >= 4 is 11.4 Å². The van der Waals surface area contributed by atoms with Gasteiger partial charge in [-0.2, -0.15) is 0 Å². The quantitative estimate of drug-likeness (QED) is 0.229. The Morgan fingerprint density at radius 1 is 0.517 bits per heavy atom. The van der Waals surface area contributed by atoms with Gasteiger partial charge in [-0.05, 0) is 68.8 Å². The van der Waals surface area contributed by atoms with E-state index in [4.69, 9.17) is 11.5 Å². The van der Waals surface area contributed by atoms with Gasteiger partial charge in [-0.25, -0.2) is 0 Å². The molecule has 4 nitrogen and oxygen atoms in total. The number of hydrogen-bond acceptors (Lipinski definition) is 4. The molecule has 2 aliphatic rings. The zero-order valence-corrected chi connectivity index (χ0v) is 15.5. The van der Waals surface area contributed by atoms with E-state index in [1.54, 1.807) is 12.1 Å². The fourth-order valence-electron chi connectivity index (χ4n) is 5.24. The summed E-state index contributed by atoms with van der Waals surface area (Å²) in [7, 11) is 0. The molecule has 4 aromatic carbocycles. The summed E-state index contributed by atoms with van der Waals surface area (Å²) in [4.78, 5) is 0. The maximum Gasteiger partial charge on any atom is 0.139 e. The standard InChI is InChI=1S/C25H18N2O2/c26-21-11-19-15(9-23(21)28)16-10-24(29)22(27)12-20(16)25(19)17-7-3-1-5-13(17)14-6-2-4-8-18(14)25/h1-12,28-29H,26-27H2. The van der Waals surface area contributed by atoms with Crippen LogP contribution in [0, 0.1) is 0 Å². The SMILES string of the molecule is Nc1cc2c(cc1O)-c1cc(O)c(N)cc1C21c2ccccc2-c2ccccc21. The van der Waals surface area contributed by atoms with Gasteiger partial charge in [-0.15, -0.1) is 0 Å². The van der Waals surface area contributed by atoms with Gasteiger partial charge in [0.15, 0.2) is 0 Å². The topological polar surface area (TPSA) is 92.5 Å². The van der Waals surface area contributed by atoms with Crippen molar-refractivity contribution in [3.05, 3.63) is 95.1 Å². The summed E-state index contributed by atoms with van der Waals surface area (Å²) in [6.07, 6.45) is 0. The van der Waals surface area contributed by atoms with Gasteiger partial charge in [0.25, 0.3) is 0 Å². The molecule has 0 bridgehead atoms. The number of benzene rings is 4. The first kappa shape index (κ1) is 16.1. The lowest BCUT2D eigenvalue weighted by atomic mass is 9.70. The van der Waals surface area contributed by atoms with Crippen LogP contribution in [0.5, 0.6) is 11.5 Å². The molecule has 1 spiro atoms. The summed E-state index contributed by atoms with van der Waals surface area (Å²) in [6, 6.07) is 23.8. The molecular weight excluding hydrogens is 360 g/mol. The Labute approximate surface area is 167 Å². The van der Waals surface area contributed by atoms with Gasteiger partial charge in [-0.1, -0.05) is 48.5 Å². The molecule has 0 saturated carbocycles. The van der Waals surface area contributed by atoms with Crippen molar-refractivity contribution in [1.29, 1.82) is 0 Å². The van der Waals surface area contributed by atoms with E-state index in [0.29, 0.717) is 11.4 Å². The van der Waals surface area contributed by atoms with E-state index in [0.717, 1.165) is 33.4 Å². The smallest absolute Gasteiger partial charge is 0.139 e. The average molecular weight is 378 g/mol. The Morgan fingerprint density at radius 3 is 1.38 bits per heavy atom. The molecule has 0 radical (unpaired) electrons. The van der Waals surface area contributed by atoms with Crippen LogP contribution in [0.25, 0.3) is 22.3 Å². The minimum absolute atomic E-state index is 0.0302. The monoisotopic (exact) mass is 378 g/mol. The summed E-state index contributed by atoms with van der Waals surface area (Å²) in [5, 5.41) is 20.7. The molecule has 0 heterocycles. The first-order chi connectivity index (χ1) is 14.0. The van der Waals surface area contributed by atoms with Crippen LogP contribution >= 0.6 is 0 Å². The molecule has 0 saturated heterocycles. The second-order valence-electron chi connectivity index (χ2n) is 7.75. The van der Waals surface area contributed by atoms with E-state index < -0.39 is 5.41 Å². The van der Waals surface area contributed by atoms with Crippen LogP contribution in [-0.4, -0.2) is 10.2 Å². The van der Waals surface area contributed by atoms with Crippen LogP contribution < -0.4 is 11.5 Å². The molecule has 0 fully saturated rings. The lowest BCUT2D eigenvalue weighted by Gasteiger charge is -2.30. The van der Waals surface area contributed by atoms with Crippen molar-refractivity contribution in [2.45, 2.75) is 5.41 Å². The van der Waals surface area contributed by atoms with Crippen LogP contribution in [0.1, 0.15) is 22.3 Å². The lowest BCUT2D eigenvalue weighted by molar-refractivity contribution is 0.477. The van der Waals surface area contributed by atoms with E-state index in [1.807, 2.05) is 36.4 Å². The third kappa shape index (κ3) is 1.74. The minimum Gasteiger partial charge on any atom is -0.506 e. The highest BCUT2D eigenvalue weighted by atomic mass is 16.3. The highest BCUT2D eigenvalue weighted by molar-refractivity contribution is 5.97. The Kier molecular flexibility index (Phi) is 2.83. The molecule has 140 valence electrons. The largest absolute Gasteiger partial charge is 0.506 e. The van der Waals surface area contributed by atoms with Crippen molar-refractivity contribution in [2.75, 3.05) is 11.5 Å². The van der Waals surface area contributed by atoms with E-state index >= 15 is 0 Å². The lowest BCUT2D eigenvalue weighted by Crippen LogP contribution is -2.26. The fraction of sp³-hybridized carbons (Fsp3) is 0.0400. The highest BCUT2D eigenvalue weighted by Crippen LogP contribution is 2.64. The van der Waals surface area contributed by atoms with Crippen LogP contribution in [-0.2, 0) is 5.41 Å². The zero-order valence-electron chi connectivity index (χ0n) is 15.5. The summed E-state index contributed by atoms with van der Waals surface area (Å²) in [5.41, 5.74) is 20.7. The fourth-order valence-corrected chi connectivity index (χ4v) is 5.24. The normalized spacial score (nSPS) is 14.3. The molecule has 0 aromatic heterocycles. The number of phenols is 2. The zero-order chi connectivity index (χ0) is 19.9. The second-order valence-corrected chi connectivity index (χ2v) is 7.75. The number of aromatic hydroxyl groups is 2. The minimum atomic E-state index is -0.596. The average Bonchev–Trinajstić information content (AvgIpc) is 3.16. The number of nitrogen functional groups attached to an aromatic ring is 2. The van der Waals surface area contributed by atoms with Gasteiger partial charge in [0.1, 0.15) is 11.5 Å². The van der Waals surface area contributed by atoms with Crippen molar-refractivity contribution < 1.29 is 10.2 Å². The van der Waals surface area contributed by atoms with E-state index in [1.165, 1.54) is 11.1 Å². The molecule has 6 N–H and O–H groups in total. The Morgan fingerprint density at radius 2 is 0.931 bits per heavy atom. The van der Waals surface area contributed by atoms with Gasteiger partial charge in [0, 0.05) is 0 Å². The van der Waals surface area contributed by atoms with E-state index in [2.05, 4.69) is 24.3 Å². The van der Waals surface area contributed by atoms with Crippen molar-refractivity contribution in [2.24, 2.45) is 0 Å². The van der Waals surface area contributed by atoms with Crippen LogP contribution in [0.3, 0.4) is 0 Å². The molecular formula is C25H18N2O2. The van der Waals surface area contributed by atoms with Gasteiger partial charge in [0.05, 0.1) is 16.8 Å². The van der Waals surface area contributed by atoms with Crippen LogP contribution in [0.2, 0.25) is 0 Å². The molecule has 0 aliphatic heterocycles. The predicted octanol–water partition coefficient (Wildman–Crippen LogP) is 4.61. The van der Waals surface area contributed by atoms with Gasteiger partial charge < -0.3 is 21.7 Å². The van der Waals surface area contributed by atoms with Crippen LogP contribution in [0.15, 0.2) is 72.8 Å². The molecule has 0 unspecified atom stereocenters. The highest BCUT2D eigenvalue weighted by Gasteiger charge is 2.52. The summed E-state index contributed by atoms with van der Waals surface area (Å²) in [5.74, 6) is 0.0604. The number of rotatable bonds is 0. The predicted molar refractivity (Wildman–Crippen MR) is 115 cm³/mol. The summed E-state index contributed by atoms with van der Waals surface area (Å²) >= 11 is 0. The second kappa shape index (κ2) is 5.11. The first-order valence-corrected chi connectivity index (χ1v) is 9.49. The Balaban J connectivity index is 1.88. The van der Waals surface area contributed by atoms with Crippen molar-refractivity contribution in [3.8, 4) is 33.8 Å². The number of phenolic OH excluding ortho intramolecular Hbond substituents is 2. The molecule has 4 heteroatoms. The number of nitrogens with two attached hydrogens (primary N) is 2. The maximum atomic E-state index is 10.3. The first-order valence-electron chi connectivity index (χ1n) is 9.49. The molecule has 2 aliphatic carbocycles. The van der Waals surface area contributed by atoms with E-state index in [-0.39, 0.29) is 11.5 Å². The van der Waals surface area contributed by atoms with E-state index in [9.17, 15) is 10.2 Å². The summed E-state index contributed by atoms with van der Waals surface area (Å²) in [6.45, 7) is 0. The number of anilines is 2. The molecule has 29 heavy (non-hydrogen) atoms. The van der Waals surface area contributed by atoms with Crippen LogP contribution in [0.4, 0.5) is 11.4 Å². The van der Waals surface area contributed by atoms with Crippen molar-refractivity contribution in [1.82, 2.24) is 0 Å². The third-order valence-electron chi connectivity index (χ3n) is 6.38. The Hall–Kier alpha value is -3.92. The summed E-state index contributed by atoms with van der Waals surface area (Å²) < 4.78 is 0. The maximum absolute atomic E-state index is 10.3. The molecule has 0 amide bonds. The number of fused-ring (bicyclic) bond motifs is 10. The van der Waals surface area contributed by atoms with Crippen molar-refractivity contribution in [3.63, 3.8) is 0 Å². The van der Waals surface area contributed by atoms with Gasteiger partial charge >= 0.3 is 0 Å². The van der Waals surface area contributed by atoms with Gasteiger partial charge in [-0.3, -0.25) is 0 Å². The Bertz CT molecular complexity index is 1250. The molecule has 4 aromatic rings.